The van der Waals surface area contributed by atoms with Crippen molar-refractivity contribution in [3.63, 3.8) is 0 Å². The van der Waals surface area contributed by atoms with Gasteiger partial charge in [-0.2, -0.15) is 5.10 Å². The number of hydrogen-bond acceptors (Lipinski definition) is 6. The van der Waals surface area contributed by atoms with Crippen molar-refractivity contribution in [3.8, 4) is 28.1 Å². The van der Waals surface area contributed by atoms with E-state index in [9.17, 15) is 22.0 Å². The minimum absolute atomic E-state index is 0.0839. The quantitative estimate of drug-likeness (QED) is 0.286. The van der Waals surface area contributed by atoms with Crippen molar-refractivity contribution in [2.24, 2.45) is 7.05 Å². The molecule has 0 spiro atoms. The Hall–Kier alpha value is -4.26. The van der Waals surface area contributed by atoms with Gasteiger partial charge in [0.2, 0.25) is 9.84 Å². The monoisotopic (exact) mass is 534 g/mol. The van der Waals surface area contributed by atoms with Gasteiger partial charge in [-0.25, -0.2) is 30.8 Å². The molecule has 0 aliphatic carbocycles. The van der Waals surface area contributed by atoms with Crippen LogP contribution in [0.25, 0.3) is 22.4 Å². The van der Waals surface area contributed by atoms with Gasteiger partial charge in [-0.15, -0.1) is 0 Å². The van der Waals surface area contributed by atoms with Crippen LogP contribution < -0.4 is 10.1 Å². The van der Waals surface area contributed by atoms with Gasteiger partial charge in [-0.3, -0.25) is 9.67 Å². The molecule has 1 amide bonds. The van der Waals surface area contributed by atoms with Crippen molar-refractivity contribution >= 4 is 15.9 Å². The highest BCUT2D eigenvalue weighted by molar-refractivity contribution is 7.91. The fraction of sp³-hybridized carbons (Fsp3) is 0.125. The van der Waals surface area contributed by atoms with Crippen molar-refractivity contribution < 1.29 is 35.5 Å². The van der Waals surface area contributed by atoms with Crippen LogP contribution in [0.15, 0.2) is 64.8 Å². The molecule has 8 nitrogen and oxygen atoms in total. The largest absolute Gasteiger partial charge is 0.412 e. The predicted octanol–water partition coefficient (Wildman–Crippen LogP) is 4.65. The molecule has 0 aliphatic rings. The van der Waals surface area contributed by atoms with Gasteiger partial charge in [0.15, 0.2) is 17.4 Å². The molecule has 2 aromatic heterocycles. The molecule has 13 heteroatoms. The highest BCUT2D eigenvalue weighted by Gasteiger charge is 2.34. The first-order valence-electron chi connectivity index (χ1n) is 10.7. The molecule has 0 radical (unpaired) electrons. The molecule has 4 aromatic rings. The zero-order valence-electron chi connectivity index (χ0n) is 19.3. The highest BCUT2D eigenvalue weighted by Crippen LogP contribution is 2.41. The lowest BCUT2D eigenvalue weighted by Crippen LogP contribution is -2.27. The van der Waals surface area contributed by atoms with Crippen molar-refractivity contribution in [1.29, 1.82) is 0 Å². The predicted molar refractivity (Wildman–Crippen MR) is 123 cm³/mol. The Bertz CT molecular complexity index is 1610. The van der Waals surface area contributed by atoms with Crippen LogP contribution in [-0.4, -0.2) is 35.8 Å². The first-order chi connectivity index (χ1) is 17.5. The fourth-order valence-electron chi connectivity index (χ4n) is 3.56. The second-order valence-corrected chi connectivity index (χ2v) is 9.56. The molecule has 0 fully saturated rings. The average molecular weight is 534 g/mol. The molecule has 0 saturated heterocycles. The van der Waals surface area contributed by atoms with Gasteiger partial charge in [0.1, 0.15) is 27.1 Å². The maximum Gasteiger partial charge on any atom is 0.412 e. The van der Waals surface area contributed by atoms with Crippen LogP contribution in [-0.2, 0) is 16.9 Å². The number of hydrogen-bond donors (Lipinski definition) is 1. The van der Waals surface area contributed by atoms with Gasteiger partial charge in [-0.1, -0.05) is 0 Å². The molecule has 0 bridgehead atoms. The van der Waals surface area contributed by atoms with Crippen molar-refractivity contribution in [2.75, 3.05) is 6.54 Å². The van der Waals surface area contributed by atoms with Gasteiger partial charge in [0, 0.05) is 43.8 Å². The summed E-state index contributed by atoms with van der Waals surface area (Å²) < 4.78 is 92.6. The number of nitrogens with one attached hydrogen (secondary N) is 1. The van der Waals surface area contributed by atoms with E-state index in [1.807, 2.05) is 0 Å². The number of sulfone groups is 1. The molecular weight excluding hydrogens is 516 g/mol. The van der Waals surface area contributed by atoms with Gasteiger partial charge in [0.25, 0.3) is 0 Å². The van der Waals surface area contributed by atoms with Crippen LogP contribution in [0.1, 0.15) is 6.92 Å². The van der Waals surface area contributed by atoms with E-state index in [1.54, 1.807) is 6.92 Å². The van der Waals surface area contributed by atoms with E-state index in [4.69, 9.17) is 4.74 Å². The van der Waals surface area contributed by atoms with Crippen molar-refractivity contribution in [2.45, 2.75) is 16.7 Å². The van der Waals surface area contributed by atoms with Crippen LogP contribution >= 0.6 is 0 Å². The van der Waals surface area contributed by atoms with Crippen molar-refractivity contribution in [1.82, 2.24) is 20.1 Å². The van der Waals surface area contributed by atoms with Crippen LogP contribution in [0.2, 0.25) is 0 Å². The zero-order chi connectivity index (χ0) is 26.9. The molecular formula is C24H18F4N4O4S. The summed E-state index contributed by atoms with van der Waals surface area (Å²) in [7, 11) is -3.65. The summed E-state index contributed by atoms with van der Waals surface area (Å²) >= 11 is 0. The van der Waals surface area contributed by atoms with E-state index < -0.39 is 60.3 Å². The summed E-state index contributed by atoms with van der Waals surface area (Å²) in [5, 5.41) is 6.33. The van der Waals surface area contributed by atoms with E-state index in [0.29, 0.717) is 29.8 Å². The summed E-state index contributed by atoms with van der Waals surface area (Å²) in [5.74, 6) is -6.52. The first kappa shape index (κ1) is 25.8. The number of aryl methyl sites for hydroxylation is 1. The van der Waals surface area contributed by atoms with E-state index in [2.05, 4.69) is 15.4 Å². The Kier molecular flexibility index (Phi) is 6.99. The molecule has 0 aliphatic heterocycles. The van der Waals surface area contributed by atoms with Crippen LogP contribution in [0.4, 0.5) is 22.4 Å². The molecule has 37 heavy (non-hydrogen) atoms. The topological polar surface area (TPSA) is 103 Å². The molecule has 0 saturated carbocycles. The number of aromatic nitrogens is 3. The van der Waals surface area contributed by atoms with E-state index in [-0.39, 0.29) is 17.8 Å². The van der Waals surface area contributed by atoms with Crippen molar-refractivity contribution in [3.05, 3.63) is 78.3 Å². The Balaban J connectivity index is 2.04. The zero-order valence-corrected chi connectivity index (χ0v) is 20.1. The van der Waals surface area contributed by atoms with Gasteiger partial charge < -0.3 is 10.1 Å². The minimum Gasteiger partial charge on any atom is -0.407 e. The molecule has 1 N–H and O–H groups in total. The molecule has 2 heterocycles. The molecule has 0 atom stereocenters. The number of amides is 1. The highest BCUT2D eigenvalue weighted by atomic mass is 32.2. The van der Waals surface area contributed by atoms with E-state index in [0.717, 1.165) is 0 Å². The Morgan fingerprint density at radius 3 is 2.41 bits per heavy atom. The number of carbonyl (C=O) groups excluding carboxylic acids is 1. The lowest BCUT2D eigenvalue weighted by molar-refractivity contribution is 0.198. The summed E-state index contributed by atoms with van der Waals surface area (Å²) in [5.41, 5.74) is -0.656. The number of rotatable bonds is 6. The summed E-state index contributed by atoms with van der Waals surface area (Å²) in [4.78, 5) is 13.5. The Labute approximate surface area is 208 Å². The third-order valence-corrected chi connectivity index (χ3v) is 6.95. The fourth-order valence-corrected chi connectivity index (χ4v) is 4.99. The average Bonchev–Trinajstić information content (AvgIpc) is 3.24. The lowest BCUT2D eigenvalue weighted by atomic mass is 10.0. The second-order valence-electron chi connectivity index (χ2n) is 7.67. The number of halogens is 4. The van der Waals surface area contributed by atoms with Crippen LogP contribution in [0.5, 0.6) is 5.75 Å². The molecule has 192 valence electrons. The second kappa shape index (κ2) is 10.0. The van der Waals surface area contributed by atoms with Crippen LogP contribution in [0, 0.1) is 23.3 Å². The Morgan fingerprint density at radius 1 is 1.03 bits per heavy atom. The smallest absolute Gasteiger partial charge is 0.407 e. The molecule has 4 rings (SSSR count). The minimum atomic E-state index is -5.12. The van der Waals surface area contributed by atoms with E-state index in [1.165, 1.54) is 42.5 Å². The van der Waals surface area contributed by atoms with Crippen LogP contribution in [0.3, 0.4) is 0 Å². The third kappa shape index (κ3) is 4.89. The lowest BCUT2D eigenvalue weighted by Gasteiger charge is -2.15. The summed E-state index contributed by atoms with van der Waals surface area (Å²) in [6.45, 7) is 1.63. The maximum absolute atomic E-state index is 16.0. The SMILES string of the molecule is CCNC(=O)Oc1cc(S(=O)(=O)c2cc(F)ccc2F)c(F)c(-c2nn(C)cc2-c2ccncc2)c1F. The van der Waals surface area contributed by atoms with E-state index >= 15 is 8.78 Å². The summed E-state index contributed by atoms with van der Waals surface area (Å²) in [6.07, 6.45) is 3.13. The number of carbonyl (C=O) groups is 1. The number of pyridine rings is 1. The first-order valence-corrected chi connectivity index (χ1v) is 12.1. The molecule has 0 unspecified atom stereocenters. The number of nitrogens with zero attached hydrogens (tertiary/aromatic N) is 3. The van der Waals surface area contributed by atoms with Gasteiger partial charge in [0.05, 0.1) is 5.56 Å². The third-order valence-electron chi connectivity index (χ3n) is 5.19. The summed E-state index contributed by atoms with van der Waals surface area (Å²) in [6, 6.07) is 5.06. The number of benzene rings is 2. The van der Waals surface area contributed by atoms with Gasteiger partial charge in [-0.05, 0) is 42.8 Å². The normalized spacial score (nSPS) is 11.4. The maximum atomic E-state index is 16.0. The number of ether oxygens (including phenoxy) is 1. The molecule has 2 aromatic carbocycles. The Morgan fingerprint density at radius 2 is 1.73 bits per heavy atom. The van der Waals surface area contributed by atoms with Gasteiger partial charge >= 0.3 is 6.09 Å². The standard InChI is InChI=1S/C24H18F4N4O4S/c1-3-30-24(33)36-17-11-19(37(34,35)18-10-14(25)4-5-16(18)26)22(28)20(21(17)27)23-15(12-32(2)31-23)13-6-8-29-9-7-13/h4-12H,3H2,1-2H3,(H,30,33).